The highest BCUT2D eigenvalue weighted by atomic mass is 15.0. The van der Waals surface area contributed by atoms with Gasteiger partial charge in [0.05, 0.1) is 0 Å². The molecule has 0 amide bonds. The fourth-order valence-electron chi connectivity index (χ4n) is 2.05. The van der Waals surface area contributed by atoms with E-state index in [1.54, 1.807) is 0 Å². The average molecular weight is 204 g/mol. The Kier molecular flexibility index (Phi) is 3.39. The largest absolute Gasteiger partial charge is 0.329 e. The second-order valence-corrected chi connectivity index (χ2v) is 4.50. The van der Waals surface area contributed by atoms with Crippen LogP contribution in [0.25, 0.3) is 0 Å². The van der Waals surface area contributed by atoms with Crippen molar-refractivity contribution in [3.8, 4) is 0 Å². The molecule has 3 N–H and O–H groups in total. The van der Waals surface area contributed by atoms with Crippen molar-refractivity contribution in [1.82, 2.24) is 5.32 Å². The van der Waals surface area contributed by atoms with E-state index in [1.165, 1.54) is 30.4 Å². The Morgan fingerprint density at radius 1 is 1.47 bits per heavy atom. The van der Waals surface area contributed by atoms with E-state index in [9.17, 15) is 0 Å². The molecule has 1 fully saturated rings. The third-order valence-corrected chi connectivity index (χ3v) is 3.22. The third kappa shape index (κ3) is 2.58. The van der Waals surface area contributed by atoms with Crippen LogP contribution in [0.2, 0.25) is 0 Å². The van der Waals surface area contributed by atoms with Crippen LogP contribution in [0.1, 0.15) is 36.4 Å². The van der Waals surface area contributed by atoms with Gasteiger partial charge in [0.1, 0.15) is 0 Å². The van der Waals surface area contributed by atoms with Gasteiger partial charge in [-0.3, -0.25) is 0 Å². The highest BCUT2D eigenvalue weighted by Gasteiger charge is 2.21. The first-order valence-corrected chi connectivity index (χ1v) is 5.82. The molecule has 1 saturated carbocycles. The molecular weight excluding hydrogens is 184 g/mol. The number of rotatable bonds is 4. The summed E-state index contributed by atoms with van der Waals surface area (Å²) in [6.45, 7) is 2.81. The molecule has 0 heterocycles. The summed E-state index contributed by atoms with van der Waals surface area (Å²) in [6, 6.07) is 9.64. The van der Waals surface area contributed by atoms with Crippen LogP contribution in [0, 0.1) is 6.92 Å². The zero-order valence-electron chi connectivity index (χ0n) is 9.37. The Labute approximate surface area is 91.9 Å². The van der Waals surface area contributed by atoms with Crippen LogP contribution in [0.4, 0.5) is 0 Å². The summed E-state index contributed by atoms with van der Waals surface area (Å²) in [5.41, 5.74) is 8.45. The lowest BCUT2D eigenvalue weighted by molar-refractivity contribution is 0.307. The summed E-state index contributed by atoms with van der Waals surface area (Å²) in [6.07, 6.45) is 3.98. The van der Waals surface area contributed by atoms with Gasteiger partial charge in [0.2, 0.25) is 0 Å². The smallest absolute Gasteiger partial charge is 0.0446 e. The van der Waals surface area contributed by atoms with Crippen LogP contribution >= 0.6 is 0 Å². The molecule has 1 unspecified atom stereocenters. The standard InChI is InChI=1S/C13H20N2/c1-10-4-2-5-11(8-10)13(9-14)15-12-6-3-7-12/h2,4-5,8,12-13,15H,3,6-7,9,14H2,1H3. The third-order valence-electron chi connectivity index (χ3n) is 3.22. The molecule has 15 heavy (non-hydrogen) atoms. The molecule has 82 valence electrons. The van der Waals surface area contributed by atoms with E-state index in [4.69, 9.17) is 5.73 Å². The summed E-state index contributed by atoms with van der Waals surface area (Å²) in [5.74, 6) is 0. The molecule has 1 aromatic rings. The molecule has 1 atom stereocenters. The minimum absolute atomic E-state index is 0.329. The maximum atomic E-state index is 5.82. The molecular formula is C13H20N2. The first-order chi connectivity index (χ1) is 7.29. The van der Waals surface area contributed by atoms with Gasteiger partial charge < -0.3 is 11.1 Å². The zero-order chi connectivity index (χ0) is 10.7. The van der Waals surface area contributed by atoms with Crippen molar-refractivity contribution in [1.29, 1.82) is 0 Å². The van der Waals surface area contributed by atoms with Gasteiger partial charge >= 0.3 is 0 Å². The molecule has 0 spiro atoms. The minimum Gasteiger partial charge on any atom is -0.329 e. The van der Waals surface area contributed by atoms with Gasteiger partial charge in [-0.1, -0.05) is 36.2 Å². The van der Waals surface area contributed by atoms with Gasteiger partial charge in [0.15, 0.2) is 0 Å². The number of nitrogens with two attached hydrogens (primary N) is 1. The Morgan fingerprint density at radius 2 is 2.27 bits per heavy atom. The molecule has 2 heteroatoms. The lowest BCUT2D eigenvalue weighted by Crippen LogP contribution is -2.40. The number of nitrogens with one attached hydrogen (secondary N) is 1. The molecule has 2 nitrogen and oxygen atoms in total. The number of hydrogen-bond acceptors (Lipinski definition) is 2. The second kappa shape index (κ2) is 4.77. The molecule has 0 aliphatic heterocycles. The molecule has 1 aliphatic rings. The van der Waals surface area contributed by atoms with E-state index < -0.39 is 0 Å². The van der Waals surface area contributed by atoms with Gasteiger partial charge in [-0.2, -0.15) is 0 Å². The normalized spacial score (nSPS) is 18.5. The first kappa shape index (κ1) is 10.7. The van der Waals surface area contributed by atoms with Crippen LogP contribution < -0.4 is 11.1 Å². The number of benzene rings is 1. The van der Waals surface area contributed by atoms with E-state index in [1.807, 2.05) is 0 Å². The van der Waals surface area contributed by atoms with Crippen molar-refractivity contribution in [2.24, 2.45) is 5.73 Å². The summed E-state index contributed by atoms with van der Waals surface area (Å²) in [4.78, 5) is 0. The fraction of sp³-hybridized carbons (Fsp3) is 0.538. The van der Waals surface area contributed by atoms with Crippen LogP contribution in [0.15, 0.2) is 24.3 Å². The monoisotopic (exact) mass is 204 g/mol. The van der Waals surface area contributed by atoms with E-state index in [-0.39, 0.29) is 0 Å². The summed E-state index contributed by atoms with van der Waals surface area (Å²) in [7, 11) is 0. The van der Waals surface area contributed by atoms with Crippen LogP contribution in [-0.4, -0.2) is 12.6 Å². The topological polar surface area (TPSA) is 38.0 Å². The fourth-order valence-corrected chi connectivity index (χ4v) is 2.05. The Balaban J connectivity index is 2.04. The summed E-state index contributed by atoms with van der Waals surface area (Å²) < 4.78 is 0. The Bertz CT molecular complexity index is 318. The quantitative estimate of drug-likeness (QED) is 0.788. The van der Waals surface area contributed by atoms with Gasteiger partial charge in [-0.15, -0.1) is 0 Å². The van der Waals surface area contributed by atoms with Crippen LogP contribution in [0.5, 0.6) is 0 Å². The summed E-state index contributed by atoms with van der Waals surface area (Å²) in [5, 5.41) is 3.62. The molecule has 1 aliphatic carbocycles. The van der Waals surface area contributed by atoms with Gasteiger partial charge in [-0.05, 0) is 25.3 Å². The zero-order valence-corrected chi connectivity index (χ0v) is 9.37. The predicted octanol–water partition coefficient (Wildman–Crippen LogP) is 2.14. The van der Waals surface area contributed by atoms with Crippen molar-refractivity contribution in [2.45, 2.75) is 38.3 Å². The molecule has 0 saturated heterocycles. The highest BCUT2D eigenvalue weighted by Crippen LogP contribution is 2.22. The van der Waals surface area contributed by atoms with Gasteiger partial charge in [-0.25, -0.2) is 0 Å². The number of hydrogen-bond donors (Lipinski definition) is 2. The average Bonchev–Trinajstić information content (AvgIpc) is 2.16. The van der Waals surface area contributed by atoms with Crippen molar-refractivity contribution in [3.05, 3.63) is 35.4 Å². The lowest BCUT2D eigenvalue weighted by Gasteiger charge is -2.31. The second-order valence-electron chi connectivity index (χ2n) is 4.50. The predicted molar refractivity (Wildman–Crippen MR) is 63.7 cm³/mol. The lowest BCUT2D eigenvalue weighted by atomic mass is 9.91. The SMILES string of the molecule is Cc1cccc(C(CN)NC2CCC2)c1. The van der Waals surface area contributed by atoms with Crippen molar-refractivity contribution in [2.75, 3.05) is 6.54 Å². The Morgan fingerprint density at radius 3 is 2.80 bits per heavy atom. The maximum Gasteiger partial charge on any atom is 0.0446 e. The first-order valence-electron chi connectivity index (χ1n) is 5.82. The molecule has 2 rings (SSSR count). The van der Waals surface area contributed by atoms with E-state index >= 15 is 0 Å². The van der Waals surface area contributed by atoms with Crippen molar-refractivity contribution < 1.29 is 0 Å². The van der Waals surface area contributed by atoms with Crippen LogP contribution in [0.3, 0.4) is 0 Å². The Hall–Kier alpha value is -0.860. The van der Waals surface area contributed by atoms with Crippen LogP contribution in [-0.2, 0) is 0 Å². The maximum absolute atomic E-state index is 5.82. The van der Waals surface area contributed by atoms with Gasteiger partial charge in [0, 0.05) is 18.6 Å². The van der Waals surface area contributed by atoms with Gasteiger partial charge in [0.25, 0.3) is 0 Å². The van der Waals surface area contributed by atoms with E-state index in [2.05, 4.69) is 36.5 Å². The van der Waals surface area contributed by atoms with Crippen molar-refractivity contribution >= 4 is 0 Å². The highest BCUT2D eigenvalue weighted by molar-refractivity contribution is 5.25. The number of aryl methyl sites for hydroxylation is 1. The van der Waals surface area contributed by atoms with E-state index in [0.29, 0.717) is 18.6 Å². The molecule has 0 bridgehead atoms. The van der Waals surface area contributed by atoms with E-state index in [0.717, 1.165) is 0 Å². The summed E-state index contributed by atoms with van der Waals surface area (Å²) >= 11 is 0. The molecule has 0 radical (unpaired) electrons. The minimum atomic E-state index is 0.329. The molecule has 0 aromatic heterocycles. The molecule has 1 aromatic carbocycles. The van der Waals surface area contributed by atoms with Crippen molar-refractivity contribution in [3.63, 3.8) is 0 Å².